The van der Waals surface area contributed by atoms with E-state index in [1.807, 2.05) is 0 Å². The van der Waals surface area contributed by atoms with Crippen molar-refractivity contribution in [3.8, 4) is 0 Å². The number of carboxylic acid groups (broad SMARTS) is 1. The smallest absolute Gasteiger partial charge is 0.303 e. The van der Waals surface area contributed by atoms with Crippen molar-refractivity contribution < 1.29 is 9.90 Å². The van der Waals surface area contributed by atoms with Crippen LogP contribution in [-0.4, -0.2) is 23.7 Å². The number of unbranched alkanes of at least 4 members (excludes halogenated alkanes) is 2. The van der Waals surface area contributed by atoms with Crippen molar-refractivity contribution in [1.29, 1.82) is 0 Å². The van der Waals surface area contributed by atoms with E-state index in [1.54, 1.807) is 0 Å². The van der Waals surface area contributed by atoms with Crippen molar-refractivity contribution in [3.63, 3.8) is 0 Å². The first-order valence-electron chi connectivity index (χ1n) is 5.49. The van der Waals surface area contributed by atoms with Gasteiger partial charge in [-0.2, -0.15) is 0 Å². The monoisotopic (exact) mass is 201 g/mol. The van der Waals surface area contributed by atoms with Gasteiger partial charge in [-0.25, -0.2) is 0 Å². The van der Waals surface area contributed by atoms with Crippen LogP contribution in [-0.2, 0) is 4.79 Å². The molecular formula is C11H23NO2. The van der Waals surface area contributed by atoms with Crippen molar-refractivity contribution in [2.24, 2.45) is 5.92 Å². The third kappa shape index (κ3) is 8.05. The zero-order valence-corrected chi connectivity index (χ0v) is 9.55. The Morgan fingerprint density at radius 1 is 1.21 bits per heavy atom. The van der Waals surface area contributed by atoms with E-state index in [2.05, 4.69) is 26.1 Å². The molecule has 0 bridgehead atoms. The lowest BCUT2D eigenvalue weighted by Gasteiger charge is -2.17. The van der Waals surface area contributed by atoms with Crippen LogP contribution < -0.4 is 5.32 Å². The van der Waals surface area contributed by atoms with Gasteiger partial charge in [-0.05, 0) is 32.2 Å². The zero-order valence-electron chi connectivity index (χ0n) is 9.55. The summed E-state index contributed by atoms with van der Waals surface area (Å²) in [5, 5.41) is 11.8. The molecule has 14 heavy (non-hydrogen) atoms. The average Bonchev–Trinajstić information content (AvgIpc) is 2.09. The maximum Gasteiger partial charge on any atom is 0.303 e. The molecule has 0 saturated heterocycles. The van der Waals surface area contributed by atoms with Crippen LogP contribution in [0.4, 0.5) is 0 Å². The molecule has 0 spiro atoms. The van der Waals surface area contributed by atoms with Gasteiger partial charge < -0.3 is 10.4 Å². The van der Waals surface area contributed by atoms with Crippen molar-refractivity contribution in [3.05, 3.63) is 0 Å². The molecule has 1 unspecified atom stereocenters. The standard InChI is InChI=1S/C11H23NO2/c1-9(2)10(3)12-8-6-4-5-7-11(13)14/h9-10,12H,4-8H2,1-3H3,(H,13,14). The summed E-state index contributed by atoms with van der Waals surface area (Å²) in [6.45, 7) is 7.57. The summed E-state index contributed by atoms with van der Waals surface area (Å²) in [5.41, 5.74) is 0. The van der Waals surface area contributed by atoms with Crippen LogP contribution in [0.25, 0.3) is 0 Å². The highest BCUT2D eigenvalue weighted by molar-refractivity contribution is 5.66. The van der Waals surface area contributed by atoms with E-state index in [1.165, 1.54) is 0 Å². The first-order valence-corrected chi connectivity index (χ1v) is 5.49. The van der Waals surface area contributed by atoms with Gasteiger partial charge in [-0.3, -0.25) is 4.79 Å². The topological polar surface area (TPSA) is 49.3 Å². The Morgan fingerprint density at radius 2 is 1.86 bits per heavy atom. The molecule has 0 aromatic rings. The van der Waals surface area contributed by atoms with Crippen molar-refractivity contribution >= 4 is 5.97 Å². The molecule has 0 radical (unpaired) electrons. The molecule has 0 rings (SSSR count). The van der Waals surface area contributed by atoms with E-state index in [0.29, 0.717) is 18.4 Å². The molecule has 0 amide bonds. The maximum absolute atomic E-state index is 10.2. The third-order valence-electron chi connectivity index (χ3n) is 2.53. The number of aliphatic carboxylic acids is 1. The Morgan fingerprint density at radius 3 is 2.36 bits per heavy atom. The number of hydrogen-bond donors (Lipinski definition) is 2. The quantitative estimate of drug-likeness (QED) is 0.592. The fourth-order valence-corrected chi connectivity index (χ4v) is 1.14. The molecule has 0 aliphatic carbocycles. The number of rotatable bonds is 8. The van der Waals surface area contributed by atoms with E-state index >= 15 is 0 Å². The Kier molecular flexibility index (Phi) is 7.48. The van der Waals surface area contributed by atoms with Crippen LogP contribution in [0.1, 0.15) is 46.5 Å². The van der Waals surface area contributed by atoms with Crippen LogP contribution >= 0.6 is 0 Å². The predicted octanol–water partition coefficient (Wildman–Crippen LogP) is 2.27. The van der Waals surface area contributed by atoms with E-state index < -0.39 is 5.97 Å². The number of nitrogens with one attached hydrogen (secondary N) is 1. The first-order chi connectivity index (χ1) is 6.54. The van der Waals surface area contributed by atoms with Gasteiger partial charge in [0.2, 0.25) is 0 Å². The summed E-state index contributed by atoms with van der Waals surface area (Å²) in [4.78, 5) is 10.2. The van der Waals surface area contributed by atoms with Crippen molar-refractivity contribution in [1.82, 2.24) is 5.32 Å². The highest BCUT2D eigenvalue weighted by Gasteiger charge is 2.04. The Bertz CT molecular complexity index is 157. The van der Waals surface area contributed by atoms with Gasteiger partial charge in [0.15, 0.2) is 0 Å². The summed E-state index contributed by atoms with van der Waals surface area (Å²) in [6.07, 6.45) is 3.18. The van der Waals surface area contributed by atoms with Gasteiger partial charge in [-0.15, -0.1) is 0 Å². The molecule has 0 aliphatic heterocycles. The van der Waals surface area contributed by atoms with E-state index in [9.17, 15) is 4.79 Å². The summed E-state index contributed by atoms with van der Waals surface area (Å²) >= 11 is 0. The maximum atomic E-state index is 10.2. The number of hydrogen-bond acceptors (Lipinski definition) is 2. The lowest BCUT2D eigenvalue weighted by molar-refractivity contribution is -0.137. The molecule has 3 heteroatoms. The second-order valence-corrected chi connectivity index (χ2v) is 4.19. The van der Waals surface area contributed by atoms with Crippen LogP contribution in [0.3, 0.4) is 0 Å². The highest BCUT2D eigenvalue weighted by Crippen LogP contribution is 2.02. The molecule has 0 fully saturated rings. The highest BCUT2D eigenvalue weighted by atomic mass is 16.4. The largest absolute Gasteiger partial charge is 0.481 e. The molecule has 3 nitrogen and oxygen atoms in total. The Labute approximate surface area is 86.9 Å². The van der Waals surface area contributed by atoms with Gasteiger partial charge in [0.05, 0.1) is 0 Å². The minimum absolute atomic E-state index is 0.305. The van der Waals surface area contributed by atoms with E-state index in [4.69, 9.17) is 5.11 Å². The fourth-order valence-electron chi connectivity index (χ4n) is 1.14. The van der Waals surface area contributed by atoms with E-state index in [0.717, 1.165) is 25.8 Å². The van der Waals surface area contributed by atoms with Crippen LogP contribution in [0.5, 0.6) is 0 Å². The Hall–Kier alpha value is -0.570. The normalized spacial score (nSPS) is 13.1. The molecule has 84 valence electrons. The van der Waals surface area contributed by atoms with Crippen LogP contribution in [0.2, 0.25) is 0 Å². The van der Waals surface area contributed by atoms with Gasteiger partial charge in [0, 0.05) is 12.5 Å². The summed E-state index contributed by atoms with van der Waals surface area (Å²) in [7, 11) is 0. The van der Waals surface area contributed by atoms with Gasteiger partial charge in [-0.1, -0.05) is 20.3 Å². The van der Waals surface area contributed by atoms with Crippen LogP contribution in [0.15, 0.2) is 0 Å². The summed E-state index contributed by atoms with van der Waals surface area (Å²) in [6, 6.07) is 0.550. The summed E-state index contributed by atoms with van der Waals surface area (Å²) < 4.78 is 0. The first kappa shape index (κ1) is 13.4. The van der Waals surface area contributed by atoms with Crippen molar-refractivity contribution in [2.45, 2.75) is 52.5 Å². The fraction of sp³-hybridized carbons (Fsp3) is 0.909. The Balaban J connectivity index is 3.17. The SMILES string of the molecule is CC(C)C(C)NCCCCCC(=O)O. The van der Waals surface area contributed by atoms with Crippen molar-refractivity contribution in [2.75, 3.05) is 6.54 Å². The molecular weight excluding hydrogens is 178 g/mol. The minimum Gasteiger partial charge on any atom is -0.481 e. The van der Waals surface area contributed by atoms with Gasteiger partial charge in [0.25, 0.3) is 0 Å². The van der Waals surface area contributed by atoms with Crippen LogP contribution in [0, 0.1) is 5.92 Å². The zero-order chi connectivity index (χ0) is 11.0. The number of carbonyl (C=O) groups is 1. The van der Waals surface area contributed by atoms with Gasteiger partial charge >= 0.3 is 5.97 Å². The van der Waals surface area contributed by atoms with E-state index in [-0.39, 0.29) is 0 Å². The number of carboxylic acids is 1. The molecule has 0 aromatic carbocycles. The molecule has 0 aromatic heterocycles. The second kappa shape index (κ2) is 7.80. The van der Waals surface area contributed by atoms with Gasteiger partial charge in [0.1, 0.15) is 0 Å². The molecule has 1 atom stereocenters. The predicted molar refractivity (Wildman–Crippen MR) is 58.4 cm³/mol. The molecule has 0 saturated carbocycles. The second-order valence-electron chi connectivity index (χ2n) is 4.19. The average molecular weight is 201 g/mol. The molecule has 0 heterocycles. The lowest BCUT2D eigenvalue weighted by Crippen LogP contribution is -2.31. The minimum atomic E-state index is -0.687. The molecule has 2 N–H and O–H groups in total. The molecule has 0 aliphatic rings. The third-order valence-corrected chi connectivity index (χ3v) is 2.53. The summed E-state index contributed by atoms with van der Waals surface area (Å²) in [5.74, 6) is -0.0254. The lowest BCUT2D eigenvalue weighted by atomic mass is 10.1.